The molecule has 0 aromatic heterocycles. The third-order valence-corrected chi connectivity index (χ3v) is 3.95. The van der Waals surface area contributed by atoms with Gasteiger partial charge in [0.2, 0.25) is 0 Å². The summed E-state index contributed by atoms with van der Waals surface area (Å²) in [4.78, 5) is 11.9. The van der Waals surface area contributed by atoms with E-state index in [1.165, 1.54) is 0 Å². The second kappa shape index (κ2) is 7.46. The zero-order valence-electron chi connectivity index (χ0n) is 14.4. The number of amides is 1. The van der Waals surface area contributed by atoms with Crippen LogP contribution in [0.5, 0.6) is 0 Å². The monoisotopic (exact) mass is 349 g/mol. The Kier molecular flexibility index (Phi) is 5.79. The predicted molar refractivity (Wildman–Crippen MR) is 94.9 cm³/mol. The number of hydrogen-bond donors (Lipinski definition) is 2. The lowest BCUT2D eigenvalue weighted by atomic mass is 9.82. The summed E-state index contributed by atoms with van der Waals surface area (Å²) in [6.45, 7) is 5.46. The lowest BCUT2D eigenvalue weighted by Gasteiger charge is -2.33. The summed E-state index contributed by atoms with van der Waals surface area (Å²) >= 11 is 5.94. The van der Waals surface area contributed by atoms with E-state index in [0.717, 1.165) is 18.4 Å². The average molecular weight is 350 g/mol. The normalized spacial score (nSPS) is 23.8. The summed E-state index contributed by atoms with van der Waals surface area (Å²) in [7, 11) is 0. The van der Waals surface area contributed by atoms with Crippen molar-refractivity contribution in [3.05, 3.63) is 34.9 Å². The molecule has 0 saturated heterocycles. The molecular formula is C19H24ClNO3. The first-order valence-electron chi connectivity index (χ1n) is 8.16. The third kappa shape index (κ3) is 6.07. The SMILES string of the molecule is CC(C)(C)OC(=O)NC1CCCC(O)(C#Cc2cccc(Cl)c2)C1. The molecule has 0 aliphatic heterocycles. The van der Waals surface area contributed by atoms with Crippen molar-refractivity contribution in [1.29, 1.82) is 0 Å². The fourth-order valence-corrected chi connectivity index (χ4v) is 2.91. The summed E-state index contributed by atoms with van der Waals surface area (Å²) in [6, 6.07) is 7.07. The van der Waals surface area contributed by atoms with E-state index in [-0.39, 0.29) is 6.04 Å². The molecule has 1 fully saturated rings. The summed E-state index contributed by atoms with van der Waals surface area (Å²) in [6.07, 6.45) is 2.12. The van der Waals surface area contributed by atoms with E-state index >= 15 is 0 Å². The number of halogens is 1. The van der Waals surface area contributed by atoms with Crippen LogP contribution in [0, 0.1) is 11.8 Å². The van der Waals surface area contributed by atoms with Crippen LogP contribution in [0.1, 0.15) is 52.0 Å². The van der Waals surface area contributed by atoms with Crippen molar-refractivity contribution < 1.29 is 14.6 Å². The first kappa shape index (κ1) is 18.6. The minimum Gasteiger partial charge on any atom is -0.444 e. The van der Waals surface area contributed by atoms with Crippen molar-refractivity contribution >= 4 is 17.7 Å². The molecule has 1 saturated carbocycles. The van der Waals surface area contributed by atoms with Gasteiger partial charge in [-0.05, 0) is 58.2 Å². The van der Waals surface area contributed by atoms with Crippen molar-refractivity contribution in [3.8, 4) is 11.8 Å². The summed E-state index contributed by atoms with van der Waals surface area (Å²) < 4.78 is 5.27. The Bertz CT molecular complexity index is 657. The lowest BCUT2D eigenvalue weighted by Crippen LogP contribution is -2.46. The van der Waals surface area contributed by atoms with Crippen molar-refractivity contribution in [2.75, 3.05) is 0 Å². The Balaban J connectivity index is 2.00. The van der Waals surface area contributed by atoms with E-state index in [1.54, 1.807) is 12.1 Å². The summed E-state index contributed by atoms with van der Waals surface area (Å²) in [5.74, 6) is 5.93. The average Bonchev–Trinajstić information content (AvgIpc) is 2.43. The van der Waals surface area contributed by atoms with Crippen LogP contribution >= 0.6 is 11.6 Å². The maximum absolute atomic E-state index is 11.9. The van der Waals surface area contributed by atoms with Crippen LogP contribution in [-0.4, -0.2) is 28.4 Å². The molecule has 0 bridgehead atoms. The highest BCUT2D eigenvalue weighted by atomic mass is 35.5. The number of carbonyl (C=O) groups excluding carboxylic acids is 1. The molecule has 0 radical (unpaired) electrons. The van der Waals surface area contributed by atoms with Gasteiger partial charge in [-0.2, -0.15) is 0 Å². The number of alkyl carbamates (subject to hydrolysis) is 1. The van der Waals surface area contributed by atoms with Gasteiger partial charge in [0.15, 0.2) is 0 Å². The lowest BCUT2D eigenvalue weighted by molar-refractivity contribution is 0.0307. The van der Waals surface area contributed by atoms with Gasteiger partial charge in [0.1, 0.15) is 11.2 Å². The molecule has 1 aliphatic carbocycles. The standard InChI is InChI=1S/C19H24ClNO3/c1-18(2,3)24-17(22)21-16-8-5-10-19(23,13-16)11-9-14-6-4-7-15(20)12-14/h4,6-7,12,16,23H,5,8,10,13H2,1-3H3,(H,21,22). The molecule has 1 aromatic carbocycles. The maximum Gasteiger partial charge on any atom is 0.407 e. The van der Waals surface area contributed by atoms with Crippen molar-refractivity contribution in [3.63, 3.8) is 0 Å². The molecule has 2 rings (SSSR count). The van der Waals surface area contributed by atoms with E-state index in [9.17, 15) is 9.90 Å². The first-order valence-corrected chi connectivity index (χ1v) is 8.54. The number of aliphatic hydroxyl groups is 1. The van der Waals surface area contributed by atoms with E-state index in [2.05, 4.69) is 17.2 Å². The summed E-state index contributed by atoms with van der Waals surface area (Å²) in [5, 5.41) is 14.2. The minimum atomic E-state index is -1.11. The van der Waals surface area contributed by atoms with Crippen LogP contribution < -0.4 is 5.32 Å². The smallest absolute Gasteiger partial charge is 0.407 e. The van der Waals surface area contributed by atoms with Crippen molar-refractivity contribution in [2.45, 2.75) is 63.7 Å². The van der Waals surface area contributed by atoms with Crippen molar-refractivity contribution in [1.82, 2.24) is 5.32 Å². The molecule has 1 aliphatic rings. The summed E-state index contributed by atoms with van der Waals surface area (Å²) in [5.41, 5.74) is -0.889. The molecule has 0 heterocycles. The maximum atomic E-state index is 11.9. The number of carbonyl (C=O) groups is 1. The van der Waals surface area contributed by atoms with E-state index in [4.69, 9.17) is 16.3 Å². The molecular weight excluding hydrogens is 326 g/mol. The van der Waals surface area contributed by atoms with Gasteiger partial charge in [0, 0.05) is 23.0 Å². The molecule has 1 aromatic rings. The largest absolute Gasteiger partial charge is 0.444 e. The highest BCUT2D eigenvalue weighted by Gasteiger charge is 2.34. The molecule has 2 unspecified atom stereocenters. The number of benzene rings is 1. The number of nitrogens with one attached hydrogen (secondary N) is 1. The Morgan fingerprint density at radius 1 is 1.46 bits per heavy atom. The first-order chi connectivity index (χ1) is 11.2. The Morgan fingerprint density at radius 3 is 2.88 bits per heavy atom. The quantitative estimate of drug-likeness (QED) is 0.756. The Morgan fingerprint density at radius 2 is 2.21 bits per heavy atom. The zero-order chi connectivity index (χ0) is 17.8. The fraction of sp³-hybridized carbons (Fsp3) is 0.526. The molecule has 2 N–H and O–H groups in total. The Labute approximate surface area is 148 Å². The molecule has 1 amide bonds. The van der Waals surface area contributed by atoms with Gasteiger partial charge < -0.3 is 15.2 Å². The fourth-order valence-electron chi connectivity index (χ4n) is 2.72. The van der Waals surface area contributed by atoms with Crippen molar-refractivity contribution in [2.24, 2.45) is 0 Å². The van der Waals surface area contributed by atoms with Crippen LogP contribution in [0.15, 0.2) is 24.3 Å². The van der Waals surface area contributed by atoms with Gasteiger partial charge in [-0.1, -0.05) is 29.5 Å². The molecule has 4 nitrogen and oxygen atoms in total. The molecule has 5 heteroatoms. The van der Waals surface area contributed by atoms with Gasteiger partial charge in [-0.15, -0.1) is 0 Å². The van der Waals surface area contributed by atoms with Gasteiger partial charge in [0.25, 0.3) is 0 Å². The van der Waals surface area contributed by atoms with Crippen LogP contribution in [0.25, 0.3) is 0 Å². The zero-order valence-corrected chi connectivity index (χ0v) is 15.1. The highest BCUT2D eigenvalue weighted by Crippen LogP contribution is 2.28. The topological polar surface area (TPSA) is 58.6 Å². The second-order valence-corrected chi connectivity index (χ2v) is 7.67. The van der Waals surface area contributed by atoms with E-state index in [1.807, 2.05) is 32.9 Å². The molecule has 130 valence electrons. The van der Waals surface area contributed by atoms with E-state index in [0.29, 0.717) is 17.9 Å². The number of hydrogen-bond acceptors (Lipinski definition) is 3. The van der Waals surface area contributed by atoms with Crippen LogP contribution in [0.3, 0.4) is 0 Å². The van der Waals surface area contributed by atoms with Crippen LogP contribution in [0.4, 0.5) is 4.79 Å². The van der Waals surface area contributed by atoms with Gasteiger partial charge in [-0.25, -0.2) is 4.79 Å². The number of rotatable bonds is 1. The molecule has 2 atom stereocenters. The highest BCUT2D eigenvalue weighted by molar-refractivity contribution is 6.30. The van der Waals surface area contributed by atoms with Crippen LogP contribution in [0.2, 0.25) is 5.02 Å². The van der Waals surface area contributed by atoms with E-state index < -0.39 is 17.3 Å². The van der Waals surface area contributed by atoms with Gasteiger partial charge in [-0.3, -0.25) is 0 Å². The molecule has 0 spiro atoms. The van der Waals surface area contributed by atoms with Gasteiger partial charge in [0.05, 0.1) is 0 Å². The predicted octanol–water partition coefficient (Wildman–Crippen LogP) is 3.89. The Hall–Kier alpha value is -1.70. The third-order valence-electron chi connectivity index (χ3n) is 3.71. The second-order valence-electron chi connectivity index (χ2n) is 7.23. The van der Waals surface area contributed by atoms with Crippen LogP contribution in [-0.2, 0) is 4.74 Å². The minimum absolute atomic E-state index is 0.146. The van der Waals surface area contributed by atoms with Gasteiger partial charge >= 0.3 is 6.09 Å². The number of ether oxygens (including phenoxy) is 1. The molecule has 24 heavy (non-hydrogen) atoms.